The van der Waals surface area contributed by atoms with Crippen molar-refractivity contribution in [2.24, 2.45) is 0 Å². The lowest BCUT2D eigenvalue weighted by Gasteiger charge is -2.34. The van der Waals surface area contributed by atoms with E-state index in [1.54, 1.807) is 30.3 Å². The molecule has 0 unspecified atom stereocenters. The Hall–Kier alpha value is -2.29. The molecule has 1 aliphatic rings. The summed E-state index contributed by atoms with van der Waals surface area (Å²) >= 11 is 0. The zero-order chi connectivity index (χ0) is 19.6. The molecular weight excluding hydrogens is 366 g/mol. The number of aryl methyl sites for hydroxylation is 2. The Balaban J connectivity index is 1.68. The minimum Gasteiger partial charge on any atom is -0.296 e. The van der Waals surface area contributed by atoms with E-state index >= 15 is 0 Å². The first kappa shape index (κ1) is 19.5. The normalized spacial score (nSPS) is 16.4. The van der Waals surface area contributed by atoms with Gasteiger partial charge in [0.1, 0.15) is 0 Å². The minimum atomic E-state index is -3.52. The van der Waals surface area contributed by atoms with E-state index in [2.05, 4.69) is 4.90 Å². The molecule has 0 N–H and O–H groups in total. The van der Waals surface area contributed by atoms with Gasteiger partial charge in [-0.2, -0.15) is 4.31 Å². The van der Waals surface area contributed by atoms with E-state index in [1.165, 1.54) is 10.4 Å². The Kier molecular flexibility index (Phi) is 5.59. The van der Waals surface area contributed by atoms with E-state index in [1.807, 2.05) is 19.9 Å². The van der Waals surface area contributed by atoms with Crippen molar-refractivity contribution in [3.63, 3.8) is 0 Å². The molecule has 1 fully saturated rings. The van der Waals surface area contributed by atoms with E-state index < -0.39 is 10.0 Å². The Morgan fingerprint density at radius 1 is 1.00 bits per heavy atom. The molecule has 0 amide bonds. The Morgan fingerprint density at radius 3 is 2.30 bits per heavy atom. The van der Waals surface area contributed by atoms with Crippen molar-refractivity contribution in [2.75, 3.05) is 26.2 Å². The molecule has 8 heteroatoms. The maximum Gasteiger partial charge on any atom is 0.273 e. The predicted molar refractivity (Wildman–Crippen MR) is 103 cm³/mol. The molecule has 1 heterocycles. The zero-order valence-corrected chi connectivity index (χ0v) is 16.3. The second kappa shape index (κ2) is 7.75. The molecule has 0 atom stereocenters. The van der Waals surface area contributed by atoms with Crippen LogP contribution in [-0.2, 0) is 16.6 Å². The highest BCUT2D eigenvalue weighted by Gasteiger charge is 2.29. The van der Waals surface area contributed by atoms with Crippen molar-refractivity contribution < 1.29 is 13.3 Å². The monoisotopic (exact) mass is 389 g/mol. The first-order valence-corrected chi connectivity index (χ1v) is 10.2. The van der Waals surface area contributed by atoms with Gasteiger partial charge in [-0.05, 0) is 37.1 Å². The second-order valence-corrected chi connectivity index (χ2v) is 8.75. The van der Waals surface area contributed by atoms with Crippen molar-refractivity contribution in [3.05, 3.63) is 69.3 Å². The van der Waals surface area contributed by atoms with Gasteiger partial charge in [0, 0.05) is 44.4 Å². The van der Waals surface area contributed by atoms with Crippen LogP contribution in [0.3, 0.4) is 0 Å². The van der Waals surface area contributed by atoms with Gasteiger partial charge in [0.15, 0.2) is 0 Å². The molecule has 0 spiro atoms. The summed E-state index contributed by atoms with van der Waals surface area (Å²) < 4.78 is 27.2. The minimum absolute atomic E-state index is 0.0997. The molecule has 0 aromatic heterocycles. The van der Waals surface area contributed by atoms with Gasteiger partial charge in [0.25, 0.3) is 5.69 Å². The summed E-state index contributed by atoms with van der Waals surface area (Å²) in [6.45, 7) is 6.11. The number of nitrogens with zero attached hydrogens (tertiary/aromatic N) is 3. The third-order valence-electron chi connectivity index (χ3n) is 5.03. The number of nitro groups is 1. The van der Waals surface area contributed by atoms with Crippen molar-refractivity contribution in [1.29, 1.82) is 0 Å². The van der Waals surface area contributed by atoms with E-state index in [0.29, 0.717) is 43.2 Å². The highest BCUT2D eigenvalue weighted by Crippen LogP contribution is 2.23. The van der Waals surface area contributed by atoms with E-state index in [-0.39, 0.29) is 10.6 Å². The van der Waals surface area contributed by atoms with Crippen LogP contribution in [0.25, 0.3) is 0 Å². The van der Waals surface area contributed by atoms with Crippen LogP contribution < -0.4 is 0 Å². The quantitative estimate of drug-likeness (QED) is 0.580. The molecule has 0 saturated carbocycles. The smallest absolute Gasteiger partial charge is 0.273 e. The van der Waals surface area contributed by atoms with Crippen LogP contribution in [0.15, 0.2) is 47.4 Å². The summed E-state index contributed by atoms with van der Waals surface area (Å²) in [5.74, 6) is 0. The first-order chi connectivity index (χ1) is 12.8. The number of nitro benzene ring substituents is 1. The topological polar surface area (TPSA) is 83.8 Å². The Bertz CT molecular complexity index is 951. The van der Waals surface area contributed by atoms with Crippen molar-refractivity contribution in [3.8, 4) is 0 Å². The Labute approximate surface area is 159 Å². The van der Waals surface area contributed by atoms with Crippen LogP contribution in [-0.4, -0.2) is 48.7 Å². The average Bonchev–Trinajstić information content (AvgIpc) is 2.64. The molecule has 0 radical (unpaired) electrons. The van der Waals surface area contributed by atoms with Crippen molar-refractivity contribution in [2.45, 2.75) is 25.3 Å². The highest BCUT2D eigenvalue weighted by molar-refractivity contribution is 7.89. The molecular formula is C19H23N3O4S. The standard InChI is InChI=1S/C19H23N3O4S/c1-15-7-8-18(13-16(15)2)27(25,26)21-11-9-20(10-12-21)14-17-5-3-4-6-19(17)22(23)24/h3-8,13H,9-12,14H2,1-2H3. The lowest BCUT2D eigenvalue weighted by atomic mass is 10.1. The summed E-state index contributed by atoms with van der Waals surface area (Å²) in [5, 5.41) is 11.2. The van der Waals surface area contributed by atoms with Crippen LogP contribution >= 0.6 is 0 Å². The number of piperazine rings is 1. The lowest BCUT2D eigenvalue weighted by molar-refractivity contribution is -0.385. The predicted octanol–water partition coefficient (Wildman–Crippen LogP) is 2.72. The first-order valence-electron chi connectivity index (χ1n) is 8.81. The zero-order valence-electron chi connectivity index (χ0n) is 15.5. The molecule has 144 valence electrons. The fourth-order valence-corrected chi connectivity index (χ4v) is 4.72. The van der Waals surface area contributed by atoms with E-state index in [9.17, 15) is 18.5 Å². The van der Waals surface area contributed by atoms with Gasteiger partial charge in [-0.3, -0.25) is 15.0 Å². The van der Waals surface area contributed by atoms with Gasteiger partial charge in [-0.1, -0.05) is 24.3 Å². The number of hydrogen-bond acceptors (Lipinski definition) is 5. The second-order valence-electron chi connectivity index (χ2n) is 6.81. The number of sulfonamides is 1. The largest absolute Gasteiger partial charge is 0.296 e. The fraction of sp³-hybridized carbons (Fsp3) is 0.368. The summed E-state index contributed by atoms with van der Waals surface area (Å²) in [4.78, 5) is 13.1. The fourth-order valence-electron chi connectivity index (χ4n) is 3.21. The molecule has 0 aliphatic carbocycles. The number of para-hydroxylation sites is 1. The summed E-state index contributed by atoms with van der Waals surface area (Å²) in [6, 6.07) is 11.9. The third kappa shape index (κ3) is 4.18. The molecule has 1 aliphatic heterocycles. The third-order valence-corrected chi connectivity index (χ3v) is 6.92. The highest BCUT2D eigenvalue weighted by atomic mass is 32.2. The van der Waals surface area contributed by atoms with Crippen LogP contribution in [0, 0.1) is 24.0 Å². The molecule has 27 heavy (non-hydrogen) atoms. The summed E-state index contributed by atoms with van der Waals surface area (Å²) in [7, 11) is -3.52. The van der Waals surface area contributed by atoms with Gasteiger partial charge in [-0.25, -0.2) is 8.42 Å². The molecule has 1 saturated heterocycles. The summed E-state index contributed by atoms with van der Waals surface area (Å²) in [6.07, 6.45) is 0. The lowest BCUT2D eigenvalue weighted by Crippen LogP contribution is -2.48. The van der Waals surface area contributed by atoms with Gasteiger partial charge in [-0.15, -0.1) is 0 Å². The molecule has 2 aromatic carbocycles. The molecule has 3 rings (SSSR count). The van der Waals surface area contributed by atoms with E-state index in [4.69, 9.17) is 0 Å². The van der Waals surface area contributed by atoms with Gasteiger partial charge in [0.05, 0.1) is 9.82 Å². The van der Waals surface area contributed by atoms with Crippen LogP contribution in [0.2, 0.25) is 0 Å². The molecule has 7 nitrogen and oxygen atoms in total. The SMILES string of the molecule is Cc1ccc(S(=O)(=O)N2CCN(Cc3ccccc3[N+](=O)[O-])CC2)cc1C. The van der Waals surface area contributed by atoms with Crippen molar-refractivity contribution in [1.82, 2.24) is 9.21 Å². The molecule has 0 bridgehead atoms. The van der Waals surface area contributed by atoms with Crippen LogP contribution in [0.5, 0.6) is 0 Å². The average molecular weight is 389 g/mol. The van der Waals surface area contributed by atoms with Crippen LogP contribution in [0.4, 0.5) is 5.69 Å². The summed E-state index contributed by atoms with van der Waals surface area (Å²) in [5.41, 5.74) is 2.75. The number of hydrogen-bond donors (Lipinski definition) is 0. The number of benzene rings is 2. The maximum absolute atomic E-state index is 12.9. The van der Waals surface area contributed by atoms with Gasteiger partial charge < -0.3 is 0 Å². The Morgan fingerprint density at radius 2 is 1.67 bits per heavy atom. The van der Waals surface area contributed by atoms with Gasteiger partial charge >= 0.3 is 0 Å². The maximum atomic E-state index is 12.9. The molecule has 2 aromatic rings. The van der Waals surface area contributed by atoms with E-state index in [0.717, 1.165) is 11.1 Å². The van der Waals surface area contributed by atoms with Gasteiger partial charge in [0.2, 0.25) is 10.0 Å². The van der Waals surface area contributed by atoms with Crippen molar-refractivity contribution >= 4 is 15.7 Å². The number of rotatable bonds is 5. The van der Waals surface area contributed by atoms with Crippen LogP contribution in [0.1, 0.15) is 16.7 Å².